The van der Waals surface area contributed by atoms with Crippen molar-refractivity contribution in [3.8, 4) is 11.4 Å². The van der Waals surface area contributed by atoms with Gasteiger partial charge in [0.25, 0.3) is 0 Å². The average Bonchev–Trinajstić information content (AvgIpc) is 3.13. The Hall–Kier alpha value is -3.96. The highest BCUT2D eigenvalue weighted by atomic mass is 19.4. The first-order chi connectivity index (χ1) is 14.3. The number of aliphatic carboxylic acids is 1. The number of pyridine rings is 1. The van der Waals surface area contributed by atoms with Gasteiger partial charge < -0.3 is 5.11 Å². The van der Waals surface area contributed by atoms with E-state index in [-0.39, 0.29) is 28.2 Å². The lowest BCUT2D eigenvalue weighted by atomic mass is 10.1. The van der Waals surface area contributed by atoms with Gasteiger partial charge in [-0.15, -0.1) is 5.10 Å². The molecule has 0 spiro atoms. The molecule has 0 atom stereocenters. The number of carboxylic acids is 1. The minimum Gasteiger partial charge on any atom is -0.478 e. The predicted molar refractivity (Wildman–Crippen MR) is 98.1 cm³/mol. The summed E-state index contributed by atoms with van der Waals surface area (Å²) in [6.07, 6.45) is 2.13. The Morgan fingerprint density at radius 1 is 1.20 bits per heavy atom. The number of alkyl halides is 3. The number of rotatable bonds is 5. The minimum absolute atomic E-state index is 0.0191. The van der Waals surface area contributed by atoms with E-state index in [2.05, 4.69) is 30.0 Å². The molecule has 0 bridgehead atoms. The molecule has 0 unspecified atom stereocenters. The molecule has 3 aromatic heterocycles. The number of carbonyl (C=O) groups is 1. The van der Waals surface area contributed by atoms with Gasteiger partial charge in [-0.1, -0.05) is 0 Å². The van der Waals surface area contributed by atoms with Crippen LogP contribution in [0, 0.1) is 0 Å². The fourth-order valence-corrected chi connectivity index (χ4v) is 2.68. The molecular weight excluding hydrogens is 403 g/mol. The molecule has 0 aliphatic carbocycles. The van der Waals surface area contributed by atoms with Crippen molar-refractivity contribution in [1.82, 2.24) is 29.7 Å². The van der Waals surface area contributed by atoms with Crippen LogP contribution in [-0.4, -0.2) is 53.0 Å². The standard InChI is InChI=1S/C18H12F3N7O2/c19-18(20,21)15-4-10(3-14(26-15)13-1-2-24-13)16-25-9-28(27-16)7-12(17(29)30)11-5-22-8-23-6-11/h3-9H,1-2H2,(H,29,30)/b12-7+. The van der Waals surface area contributed by atoms with E-state index in [9.17, 15) is 23.1 Å². The lowest BCUT2D eigenvalue weighted by Crippen LogP contribution is -2.18. The lowest BCUT2D eigenvalue weighted by Gasteiger charge is -2.15. The van der Waals surface area contributed by atoms with E-state index in [1.165, 1.54) is 37.3 Å². The molecule has 1 aliphatic heterocycles. The Labute approximate surface area is 166 Å². The number of aliphatic imine (C=N–C) groups is 1. The van der Waals surface area contributed by atoms with Crippen molar-refractivity contribution in [3.63, 3.8) is 0 Å². The van der Waals surface area contributed by atoms with Gasteiger partial charge in [-0.25, -0.2) is 29.4 Å². The van der Waals surface area contributed by atoms with E-state index in [1.54, 1.807) is 0 Å². The van der Waals surface area contributed by atoms with Gasteiger partial charge >= 0.3 is 12.1 Å². The molecule has 12 heteroatoms. The summed E-state index contributed by atoms with van der Waals surface area (Å²) in [4.78, 5) is 30.8. The van der Waals surface area contributed by atoms with E-state index < -0.39 is 17.8 Å². The van der Waals surface area contributed by atoms with E-state index in [0.717, 1.165) is 10.7 Å². The summed E-state index contributed by atoms with van der Waals surface area (Å²) >= 11 is 0. The topological polar surface area (TPSA) is 119 Å². The second-order valence-corrected chi connectivity index (χ2v) is 6.23. The van der Waals surface area contributed by atoms with Crippen LogP contribution < -0.4 is 0 Å². The monoisotopic (exact) mass is 415 g/mol. The second kappa shape index (κ2) is 7.46. The molecule has 1 aliphatic rings. The van der Waals surface area contributed by atoms with Gasteiger partial charge in [-0.2, -0.15) is 13.2 Å². The van der Waals surface area contributed by atoms with Crippen LogP contribution in [0.2, 0.25) is 0 Å². The third kappa shape index (κ3) is 3.92. The molecule has 9 nitrogen and oxygen atoms in total. The van der Waals surface area contributed by atoms with Gasteiger partial charge in [0, 0.05) is 42.7 Å². The first-order valence-corrected chi connectivity index (χ1v) is 8.56. The molecule has 4 heterocycles. The van der Waals surface area contributed by atoms with Gasteiger partial charge in [0.05, 0.1) is 17.0 Å². The fourth-order valence-electron chi connectivity index (χ4n) is 2.68. The number of carboxylic acid groups (broad SMARTS) is 1. The van der Waals surface area contributed by atoms with Gasteiger partial charge in [0.2, 0.25) is 0 Å². The fraction of sp³-hybridized carbons (Fsp3) is 0.167. The second-order valence-electron chi connectivity index (χ2n) is 6.23. The van der Waals surface area contributed by atoms with Crippen LogP contribution in [0.1, 0.15) is 23.4 Å². The highest BCUT2D eigenvalue weighted by Gasteiger charge is 2.34. The predicted octanol–water partition coefficient (Wildman–Crippen LogP) is 2.42. The van der Waals surface area contributed by atoms with Crippen LogP contribution in [-0.2, 0) is 11.0 Å². The van der Waals surface area contributed by atoms with E-state index in [1.807, 2.05) is 0 Å². The first-order valence-electron chi connectivity index (χ1n) is 8.56. The third-order valence-corrected chi connectivity index (χ3v) is 4.19. The van der Waals surface area contributed by atoms with Gasteiger partial charge in [-0.3, -0.25) is 4.99 Å². The number of nitrogens with zero attached hydrogens (tertiary/aromatic N) is 7. The smallest absolute Gasteiger partial charge is 0.433 e. The molecule has 0 saturated carbocycles. The first kappa shape index (κ1) is 19.4. The van der Waals surface area contributed by atoms with E-state index in [4.69, 9.17) is 0 Å². The van der Waals surface area contributed by atoms with Crippen LogP contribution in [0.3, 0.4) is 0 Å². The van der Waals surface area contributed by atoms with Crippen molar-refractivity contribution in [1.29, 1.82) is 0 Å². The SMILES string of the molecule is O=C(O)/C(=C/n1cnc(-c2cc(C3=NCC3)nc(C(F)(F)F)c2)n1)c1cncnc1. The maximum Gasteiger partial charge on any atom is 0.433 e. The quantitative estimate of drug-likeness (QED) is 0.636. The van der Waals surface area contributed by atoms with Crippen molar-refractivity contribution in [2.75, 3.05) is 6.54 Å². The maximum absolute atomic E-state index is 13.3. The maximum atomic E-state index is 13.3. The largest absolute Gasteiger partial charge is 0.478 e. The van der Waals surface area contributed by atoms with E-state index >= 15 is 0 Å². The molecule has 0 saturated heterocycles. The zero-order chi connectivity index (χ0) is 21.3. The molecule has 1 N–H and O–H groups in total. The molecule has 0 radical (unpaired) electrons. The highest BCUT2D eigenvalue weighted by Crippen LogP contribution is 2.31. The number of hydrogen-bond acceptors (Lipinski definition) is 7. The summed E-state index contributed by atoms with van der Waals surface area (Å²) in [6, 6.07) is 2.27. The van der Waals surface area contributed by atoms with Crippen LogP contribution in [0.15, 0.2) is 42.2 Å². The summed E-state index contributed by atoms with van der Waals surface area (Å²) in [5, 5.41) is 13.5. The third-order valence-electron chi connectivity index (χ3n) is 4.19. The zero-order valence-corrected chi connectivity index (χ0v) is 15.1. The zero-order valence-electron chi connectivity index (χ0n) is 15.1. The average molecular weight is 415 g/mol. The number of halogens is 3. The highest BCUT2D eigenvalue weighted by molar-refractivity contribution is 6.19. The molecule has 30 heavy (non-hydrogen) atoms. The molecular formula is C18H12F3N7O2. The molecule has 3 aromatic rings. The van der Waals surface area contributed by atoms with Crippen molar-refractivity contribution in [3.05, 3.63) is 54.1 Å². The molecule has 152 valence electrons. The Kier molecular flexibility index (Phi) is 4.82. The Morgan fingerprint density at radius 3 is 2.53 bits per heavy atom. The van der Waals surface area contributed by atoms with Crippen LogP contribution >= 0.6 is 0 Å². The number of aromatic nitrogens is 6. The van der Waals surface area contributed by atoms with Crippen molar-refractivity contribution >= 4 is 23.5 Å². The molecule has 0 amide bonds. The summed E-state index contributed by atoms with van der Waals surface area (Å²) in [7, 11) is 0. The molecule has 0 fully saturated rings. The van der Waals surface area contributed by atoms with Crippen LogP contribution in [0.25, 0.3) is 23.2 Å². The minimum atomic E-state index is -4.65. The Balaban J connectivity index is 1.74. The molecule has 0 aromatic carbocycles. The Bertz CT molecular complexity index is 1170. The Morgan fingerprint density at radius 2 is 1.93 bits per heavy atom. The van der Waals surface area contributed by atoms with Crippen molar-refractivity contribution in [2.24, 2.45) is 4.99 Å². The van der Waals surface area contributed by atoms with Crippen molar-refractivity contribution < 1.29 is 23.1 Å². The van der Waals surface area contributed by atoms with Gasteiger partial charge in [0.15, 0.2) is 5.82 Å². The lowest BCUT2D eigenvalue weighted by molar-refractivity contribution is -0.141. The van der Waals surface area contributed by atoms with Crippen LogP contribution in [0.4, 0.5) is 13.2 Å². The number of hydrogen-bond donors (Lipinski definition) is 1. The van der Waals surface area contributed by atoms with Crippen molar-refractivity contribution in [2.45, 2.75) is 12.6 Å². The van der Waals surface area contributed by atoms with Gasteiger partial charge in [0.1, 0.15) is 18.3 Å². The van der Waals surface area contributed by atoms with Crippen LogP contribution in [0.5, 0.6) is 0 Å². The van der Waals surface area contributed by atoms with Gasteiger partial charge in [-0.05, 0) is 12.1 Å². The molecule has 4 rings (SSSR count). The summed E-state index contributed by atoms with van der Waals surface area (Å²) in [5.41, 5.74) is -0.319. The summed E-state index contributed by atoms with van der Waals surface area (Å²) in [5.74, 6) is -1.27. The summed E-state index contributed by atoms with van der Waals surface area (Å²) < 4.78 is 40.9. The summed E-state index contributed by atoms with van der Waals surface area (Å²) in [6.45, 7) is 0.543. The van der Waals surface area contributed by atoms with E-state index in [0.29, 0.717) is 18.7 Å². The normalized spacial score (nSPS) is 14.2.